The van der Waals surface area contributed by atoms with Gasteiger partial charge in [-0.05, 0) is 29.0 Å². The number of nitrogens with zero attached hydrogens (tertiary/aromatic N) is 1. The number of quaternary nitrogens is 1. The van der Waals surface area contributed by atoms with Gasteiger partial charge in [-0.25, -0.2) is 4.39 Å². The quantitative estimate of drug-likeness (QED) is 0.816. The van der Waals surface area contributed by atoms with Crippen LogP contribution in [0, 0.1) is 5.82 Å². The molecule has 0 radical (unpaired) electrons. The molecule has 7 heteroatoms. The Balaban J connectivity index is 1.43. The van der Waals surface area contributed by atoms with E-state index < -0.39 is 11.7 Å². The molecule has 0 spiro atoms. The van der Waals surface area contributed by atoms with Crippen molar-refractivity contribution in [3.05, 3.63) is 58.0 Å². The van der Waals surface area contributed by atoms with Gasteiger partial charge in [0.05, 0.1) is 38.3 Å². The van der Waals surface area contributed by atoms with Gasteiger partial charge in [0.1, 0.15) is 12.4 Å². The van der Waals surface area contributed by atoms with Crippen LogP contribution in [-0.4, -0.2) is 49.4 Å². The Labute approximate surface area is 150 Å². The Morgan fingerprint density at radius 2 is 1.96 bits per heavy atom. The molecule has 1 aliphatic heterocycles. The van der Waals surface area contributed by atoms with Crippen molar-refractivity contribution in [1.82, 2.24) is 10.2 Å². The zero-order chi connectivity index (χ0) is 17.6. The van der Waals surface area contributed by atoms with E-state index in [1.165, 1.54) is 28.7 Å². The van der Waals surface area contributed by atoms with E-state index in [1.54, 1.807) is 22.3 Å². The van der Waals surface area contributed by atoms with Crippen molar-refractivity contribution in [2.75, 3.05) is 32.7 Å². The Bertz CT molecular complexity index is 728. The zero-order valence-corrected chi connectivity index (χ0v) is 14.7. The van der Waals surface area contributed by atoms with Crippen LogP contribution in [0.4, 0.5) is 4.39 Å². The number of hydrogen-bond acceptors (Lipinski definition) is 3. The number of nitrogens with one attached hydrogen (secondary N) is 2. The topological polar surface area (TPSA) is 53.9 Å². The molecule has 25 heavy (non-hydrogen) atoms. The van der Waals surface area contributed by atoms with Crippen LogP contribution in [-0.2, 0) is 11.3 Å². The minimum absolute atomic E-state index is 0.0414. The zero-order valence-electron chi connectivity index (χ0n) is 13.8. The minimum Gasteiger partial charge on any atom is -0.343 e. The maximum absolute atomic E-state index is 13.6. The molecule has 2 amide bonds. The number of benzene rings is 1. The Kier molecular flexibility index (Phi) is 5.78. The second-order valence-electron chi connectivity index (χ2n) is 6.10. The number of carbonyl (C=O) groups excluding carboxylic acids is 2. The second-order valence-corrected chi connectivity index (χ2v) is 6.88. The first-order chi connectivity index (χ1) is 12.1. The third-order valence-electron chi connectivity index (χ3n) is 4.38. The molecule has 2 heterocycles. The highest BCUT2D eigenvalue weighted by Crippen LogP contribution is 2.06. The average molecular weight is 362 g/mol. The lowest BCUT2D eigenvalue weighted by molar-refractivity contribution is -0.917. The molecule has 0 atom stereocenters. The van der Waals surface area contributed by atoms with Crippen LogP contribution in [0.25, 0.3) is 0 Å². The molecular weight excluding hydrogens is 341 g/mol. The van der Waals surface area contributed by atoms with E-state index in [1.807, 2.05) is 0 Å². The first kappa shape index (κ1) is 17.6. The molecular formula is C18H21FN3O2S+. The Morgan fingerprint density at radius 1 is 1.20 bits per heavy atom. The van der Waals surface area contributed by atoms with E-state index in [0.717, 1.165) is 19.6 Å². The van der Waals surface area contributed by atoms with Gasteiger partial charge in [-0.2, -0.15) is 11.3 Å². The lowest BCUT2D eigenvalue weighted by atomic mass is 10.2. The summed E-state index contributed by atoms with van der Waals surface area (Å²) in [6, 6.07) is 7.88. The molecule has 1 fully saturated rings. The number of halogens is 1. The first-order valence-electron chi connectivity index (χ1n) is 8.28. The lowest BCUT2D eigenvalue weighted by Gasteiger charge is -2.32. The Morgan fingerprint density at radius 3 is 2.64 bits per heavy atom. The van der Waals surface area contributed by atoms with Gasteiger partial charge in [0, 0.05) is 5.56 Å². The molecule has 3 rings (SSSR count). The summed E-state index contributed by atoms with van der Waals surface area (Å²) < 4.78 is 13.6. The maximum Gasteiger partial charge on any atom is 0.254 e. The molecule has 2 aromatic rings. The van der Waals surface area contributed by atoms with E-state index >= 15 is 0 Å². The largest absolute Gasteiger partial charge is 0.343 e. The summed E-state index contributed by atoms with van der Waals surface area (Å²) in [7, 11) is 0. The molecule has 0 unspecified atom stereocenters. The van der Waals surface area contributed by atoms with Crippen LogP contribution in [0.3, 0.4) is 0 Å². The van der Waals surface area contributed by atoms with E-state index in [2.05, 4.69) is 22.1 Å². The molecule has 1 aromatic heterocycles. The van der Waals surface area contributed by atoms with Crippen LogP contribution in [0.1, 0.15) is 15.9 Å². The lowest BCUT2D eigenvalue weighted by Crippen LogP contribution is -3.13. The normalized spacial score (nSPS) is 15.2. The van der Waals surface area contributed by atoms with Crippen molar-refractivity contribution in [2.45, 2.75) is 6.54 Å². The number of thiophene rings is 1. The van der Waals surface area contributed by atoms with Gasteiger partial charge < -0.3 is 15.1 Å². The molecule has 0 saturated carbocycles. The van der Waals surface area contributed by atoms with Crippen molar-refractivity contribution in [2.24, 2.45) is 0 Å². The molecule has 1 saturated heterocycles. The van der Waals surface area contributed by atoms with E-state index in [0.29, 0.717) is 13.1 Å². The highest BCUT2D eigenvalue weighted by Gasteiger charge is 2.24. The molecule has 2 N–H and O–H groups in total. The van der Waals surface area contributed by atoms with Gasteiger partial charge in [0.15, 0.2) is 0 Å². The van der Waals surface area contributed by atoms with Gasteiger partial charge in [-0.1, -0.05) is 12.1 Å². The van der Waals surface area contributed by atoms with E-state index in [-0.39, 0.29) is 18.0 Å². The predicted molar refractivity (Wildman–Crippen MR) is 94.0 cm³/mol. The summed E-state index contributed by atoms with van der Waals surface area (Å²) in [5.74, 6) is -1.27. The fourth-order valence-corrected chi connectivity index (χ4v) is 3.61. The van der Waals surface area contributed by atoms with Gasteiger partial charge in [0.25, 0.3) is 5.91 Å². The van der Waals surface area contributed by atoms with Crippen molar-refractivity contribution >= 4 is 23.2 Å². The van der Waals surface area contributed by atoms with Gasteiger partial charge >= 0.3 is 0 Å². The highest BCUT2D eigenvalue weighted by molar-refractivity contribution is 7.07. The van der Waals surface area contributed by atoms with Gasteiger partial charge in [0.2, 0.25) is 5.91 Å². The number of carbonyl (C=O) groups is 2. The predicted octanol–water partition coefficient (Wildman–Crippen LogP) is 0.544. The van der Waals surface area contributed by atoms with Crippen LogP contribution >= 0.6 is 11.3 Å². The third kappa shape index (κ3) is 4.64. The summed E-state index contributed by atoms with van der Waals surface area (Å²) in [4.78, 5) is 27.4. The summed E-state index contributed by atoms with van der Waals surface area (Å²) >= 11 is 1.70. The first-order valence-corrected chi connectivity index (χ1v) is 9.23. The third-order valence-corrected chi connectivity index (χ3v) is 5.11. The monoisotopic (exact) mass is 362 g/mol. The van der Waals surface area contributed by atoms with Crippen molar-refractivity contribution in [1.29, 1.82) is 0 Å². The molecule has 1 aromatic carbocycles. The van der Waals surface area contributed by atoms with Gasteiger partial charge in [-0.3, -0.25) is 9.59 Å². The standard InChI is InChI=1S/C18H20FN3O2S/c19-16-4-2-1-3-15(16)18(24)20-11-17(23)22-8-6-21(7-9-22)12-14-5-10-25-13-14/h1-5,10,13H,6-9,11-12H2,(H,20,24)/p+1. The molecule has 0 aliphatic carbocycles. The highest BCUT2D eigenvalue weighted by atomic mass is 32.1. The van der Waals surface area contributed by atoms with Crippen LogP contribution in [0.2, 0.25) is 0 Å². The molecule has 132 valence electrons. The van der Waals surface area contributed by atoms with Crippen LogP contribution < -0.4 is 10.2 Å². The Hall–Kier alpha value is -2.25. The molecule has 1 aliphatic rings. The fourth-order valence-electron chi connectivity index (χ4n) is 2.94. The van der Waals surface area contributed by atoms with Gasteiger partial charge in [-0.15, -0.1) is 0 Å². The summed E-state index contributed by atoms with van der Waals surface area (Å²) in [6.07, 6.45) is 0. The number of amides is 2. The summed E-state index contributed by atoms with van der Waals surface area (Å²) in [5.41, 5.74) is 1.29. The minimum atomic E-state index is -0.585. The maximum atomic E-state index is 13.6. The van der Waals surface area contributed by atoms with Crippen molar-refractivity contribution < 1.29 is 18.9 Å². The smallest absolute Gasteiger partial charge is 0.254 e. The van der Waals surface area contributed by atoms with Crippen LogP contribution in [0.5, 0.6) is 0 Å². The van der Waals surface area contributed by atoms with E-state index in [4.69, 9.17) is 0 Å². The van der Waals surface area contributed by atoms with Crippen molar-refractivity contribution in [3.8, 4) is 0 Å². The number of rotatable bonds is 5. The number of piperazine rings is 1. The summed E-state index contributed by atoms with van der Waals surface area (Å²) in [6.45, 7) is 4.01. The summed E-state index contributed by atoms with van der Waals surface area (Å²) in [5, 5.41) is 6.74. The SMILES string of the molecule is O=C(NCC(=O)N1CC[NH+](Cc2ccsc2)CC1)c1ccccc1F. The molecule has 0 bridgehead atoms. The van der Waals surface area contributed by atoms with Crippen molar-refractivity contribution in [3.63, 3.8) is 0 Å². The van der Waals surface area contributed by atoms with E-state index in [9.17, 15) is 14.0 Å². The fraction of sp³-hybridized carbons (Fsp3) is 0.333. The second kappa shape index (κ2) is 8.22. The number of hydrogen-bond donors (Lipinski definition) is 2. The van der Waals surface area contributed by atoms with Crippen LogP contribution in [0.15, 0.2) is 41.1 Å². The molecule has 5 nitrogen and oxygen atoms in total. The average Bonchev–Trinajstić information content (AvgIpc) is 3.13.